The fourth-order valence-corrected chi connectivity index (χ4v) is 2.55. The van der Waals surface area contributed by atoms with E-state index in [1.807, 2.05) is 0 Å². The molecule has 2 N–H and O–H groups in total. The molecule has 9 nitrogen and oxygen atoms in total. The lowest BCUT2D eigenvalue weighted by molar-refractivity contribution is -0.150. The monoisotopic (exact) mass is 402 g/mol. The summed E-state index contributed by atoms with van der Waals surface area (Å²) in [4.78, 5) is 52.2. The first kappa shape index (κ1) is 19.9. The van der Waals surface area contributed by atoms with Crippen LogP contribution in [0.25, 0.3) is 0 Å². The Kier molecular flexibility index (Phi) is 6.04. The second-order valence-electron chi connectivity index (χ2n) is 5.70. The number of hydrogen-bond donors (Lipinski definition) is 2. The molecule has 1 aliphatic rings. The largest absolute Gasteiger partial charge is 0.454 e. The van der Waals surface area contributed by atoms with Crippen LogP contribution in [0.3, 0.4) is 0 Å². The zero-order chi connectivity index (χ0) is 19.5. The Morgan fingerprint density at radius 3 is 2.65 bits per heavy atom. The maximum atomic E-state index is 12.2. The predicted octanol–water partition coefficient (Wildman–Crippen LogP) is 1.59. The quantitative estimate of drug-likeness (QED) is 0.550. The van der Waals surface area contributed by atoms with E-state index < -0.39 is 42.5 Å². The normalized spacial score (nSPS) is 19.3. The molecule has 2 rings (SSSR count). The molecule has 0 saturated carbocycles. The summed E-state index contributed by atoms with van der Waals surface area (Å²) in [5.74, 6) is -2.06. The van der Waals surface area contributed by atoms with Gasteiger partial charge in [0.25, 0.3) is 11.8 Å². The second-order valence-corrected chi connectivity index (χ2v) is 6.54. The van der Waals surface area contributed by atoms with Gasteiger partial charge in [-0.1, -0.05) is 30.1 Å². The van der Waals surface area contributed by atoms with Gasteiger partial charge in [0.15, 0.2) is 12.4 Å². The van der Waals surface area contributed by atoms with Crippen LogP contribution in [0.15, 0.2) is 12.3 Å². The van der Waals surface area contributed by atoms with Gasteiger partial charge in [0, 0.05) is 6.20 Å². The van der Waals surface area contributed by atoms with Crippen molar-refractivity contribution in [1.82, 2.24) is 15.2 Å². The molecule has 0 aliphatic carbocycles. The highest BCUT2D eigenvalue weighted by atomic mass is 35.5. The van der Waals surface area contributed by atoms with Crippen LogP contribution in [0, 0.1) is 0 Å². The molecule has 0 radical (unpaired) electrons. The number of carbonyl (C=O) groups is 4. The predicted molar refractivity (Wildman–Crippen MR) is 92.8 cm³/mol. The molecule has 1 aromatic rings. The van der Waals surface area contributed by atoms with Crippen LogP contribution in [-0.2, 0) is 19.1 Å². The van der Waals surface area contributed by atoms with Crippen LogP contribution in [0.5, 0.6) is 0 Å². The number of carbonyl (C=O) groups excluding carboxylic acids is 4. The van der Waals surface area contributed by atoms with E-state index in [4.69, 9.17) is 27.9 Å². The number of rotatable bonds is 6. The van der Waals surface area contributed by atoms with E-state index in [0.29, 0.717) is 11.4 Å². The Labute approximate surface area is 159 Å². The molecule has 26 heavy (non-hydrogen) atoms. The van der Waals surface area contributed by atoms with Crippen molar-refractivity contribution < 1.29 is 23.9 Å². The Balaban J connectivity index is 1.86. The highest BCUT2D eigenvalue weighted by molar-refractivity contribution is 6.36. The summed E-state index contributed by atoms with van der Waals surface area (Å²) in [6, 6.07) is 0.706. The molecule has 1 saturated heterocycles. The van der Waals surface area contributed by atoms with Crippen molar-refractivity contribution in [3.8, 4) is 0 Å². The number of nitrogens with zero attached hydrogens (tertiary/aromatic N) is 2. The lowest BCUT2D eigenvalue weighted by atomic mass is 9.99. The van der Waals surface area contributed by atoms with Crippen molar-refractivity contribution >= 4 is 52.8 Å². The number of nitrogens with one attached hydrogen (secondary N) is 2. The van der Waals surface area contributed by atoms with Gasteiger partial charge in [-0.05, 0) is 19.4 Å². The van der Waals surface area contributed by atoms with Gasteiger partial charge in [-0.3, -0.25) is 19.3 Å². The summed E-state index contributed by atoms with van der Waals surface area (Å²) >= 11 is 11.6. The van der Waals surface area contributed by atoms with Crippen molar-refractivity contribution in [3.63, 3.8) is 0 Å². The number of aromatic nitrogens is 1. The van der Waals surface area contributed by atoms with Gasteiger partial charge in [0.2, 0.25) is 0 Å². The van der Waals surface area contributed by atoms with Gasteiger partial charge in [-0.15, -0.1) is 0 Å². The zero-order valence-electron chi connectivity index (χ0n) is 14.0. The molecule has 0 aromatic carbocycles. The van der Waals surface area contributed by atoms with Crippen molar-refractivity contribution in [2.24, 2.45) is 0 Å². The molecule has 0 bridgehead atoms. The zero-order valence-corrected chi connectivity index (χ0v) is 15.5. The maximum Gasteiger partial charge on any atom is 0.326 e. The minimum absolute atomic E-state index is 0.0601. The first-order chi connectivity index (χ1) is 12.2. The first-order valence-electron chi connectivity index (χ1n) is 7.57. The molecular weight excluding hydrogens is 387 g/mol. The van der Waals surface area contributed by atoms with Gasteiger partial charge in [0.1, 0.15) is 12.1 Å². The Hall–Kier alpha value is -2.39. The van der Waals surface area contributed by atoms with Crippen LogP contribution in [0.1, 0.15) is 20.3 Å². The van der Waals surface area contributed by atoms with Gasteiger partial charge < -0.3 is 15.4 Å². The molecule has 1 atom stereocenters. The average Bonchev–Trinajstić information content (AvgIpc) is 2.79. The molecular formula is C15H16Cl2N4O5. The smallest absolute Gasteiger partial charge is 0.326 e. The first-order valence-corrected chi connectivity index (χ1v) is 8.32. The van der Waals surface area contributed by atoms with Gasteiger partial charge in [0.05, 0.1) is 10.0 Å². The van der Waals surface area contributed by atoms with Crippen LogP contribution >= 0.6 is 23.2 Å². The number of hydrogen-bond acceptors (Lipinski definition) is 6. The number of ether oxygens (including phenoxy) is 1. The summed E-state index contributed by atoms with van der Waals surface area (Å²) in [6.45, 7) is 2.08. The van der Waals surface area contributed by atoms with Crippen LogP contribution in [0.4, 0.5) is 10.6 Å². The number of urea groups is 1. The summed E-state index contributed by atoms with van der Waals surface area (Å²) in [7, 11) is 0. The minimum atomic E-state index is -1.05. The lowest BCUT2D eigenvalue weighted by Crippen LogP contribution is -2.43. The second kappa shape index (κ2) is 7.88. The highest BCUT2D eigenvalue weighted by Crippen LogP contribution is 2.22. The lowest BCUT2D eigenvalue weighted by Gasteiger charge is -2.18. The molecule has 11 heteroatoms. The van der Waals surface area contributed by atoms with Crippen LogP contribution in [0.2, 0.25) is 10.0 Å². The SMILES string of the molecule is CC[C@]1(C)NC(=O)N(CC(=O)OCC(=O)Nc2ncc(Cl)cc2Cl)C1=O. The van der Waals surface area contributed by atoms with E-state index in [2.05, 4.69) is 15.6 Å². The van der Waals surface area contributed by atoms with Gasteiger partial charge in [-0.2, -0.15) is 0 Å². The minimum Gasteiger partial charge on any atom is -0.454 e. The van der Waals surface area contributed by atoms with Crippen LogP contribution in [-0.4, -0.2) is 52.4 Å². The van der Waals surface area contributed by atoms with E-state index in [1.165, 1.54) is 12.3 Å². The topological polar surface area (TPSA) is 118 Å². The van der Waals surface area contributed by atoms with Crippen molar-refractivity contribution in [1.29, 1.82) is 0 Å². The molecule has 0 spiro atoms. The third-order valence-corrected chi connectivity index (χ3v) is 4.26. The molecule has 1 aromatic heterocycles. The van der Waals surface area contributed by atoms with Crippen molar-refractivity contribution in [2.75, 3.05) is 18.5 Å². The maximum absolute atomic E-state index is 12.2. The van der Waals surface area contributed by atoms with E-state index >= 15 is 0 Å². The Morgan fingerprint density at radius 2 is 2.08 bits per heavy atom. The fraction of sp³-hybridized carbons (Fsp3) is 0.400. The Morgan fingerprint density at radius 1 is 1.38 bits per heavy atom. The van der Waals surface area contributed by atoms with Crippen molar-refractivity contribution in [3.05, 3.63) is 22.3 Å². The van der Waals surface area contributed by atoms with E-state index in [-0.39, 0.29) is 10.8 Å². The number of halogens is 2. The van der Waals surface area contributed by atoms with Gasteiger partial charge in [-0.25, -0.2) is 9.78 Å². The molecule has 1 aliphatic heterocycles. The Bertz CT molecular complexity index is 772. The number of esters is 1. The van der Waals surface area contributed by atoms with Crippen molar-refractivity contribution in [2.45, 2.75) is 25.8 Å². The van der Waals surface area contributed by atoms with E-state index in [9.17, 15) is 19.2 Å². The third kappa shape index (κ3) is 4.41. The number of pyridine rings is 1. The highest BCUT2D eigenvalue weighted by Gasteiger charge is 2.47. The number of imide groups is 1. The molecule has 4 amide bonds. The molecule has 140 valence electrons. The standard InChI is InChI=1S/C15H16Cl2N4O5/c1-3-15(2)13(24)21(14(25)20-15)6-11(23)26-7-10(22)19-12-9(17)4-8(16)5-18-12/h4-5H,3,6-7H2,1-2H3,(H,20,25)(H,18,19,22)/t15-/m0/s1. The summed E-state index contributed by atoms with van der Waals surface area (Å²) in [5.41, 5.74) is -1.05. The van der Waals surface area contributed by atoms with Crippen LogP contribution < -0.4 is 10.6 Å². The van der Waals surface area contributed by atoms with Gasteiger partial charge >= 0.3 is 12.0 Å². The molecule has 1 fully saturated rings. The molecule has 0 unspecified atom stereocenters. The fourth-order valence-electron chi connectivity index (χ4n) is 2.13. The number of anilines is 1. The molecule has 2 heterocycles. The third-order valence-electron chi connectivity index (χ3n) is 3.77. The van der Waals surface area contributed by atoms with E-state index in [1.54, 1.807) is 13.8 Å². The summed E-state index contributed by atoms with van der Waals surface area (Å²) in [6.07, 6.45) is 1.66. The summed E-state index contributed by atoms with van der Waals surface area (Å²) in [5, 5.41) is 5.28. The summed E-state index contributed by atoms with van der Waals surface area (Å²) < 4.78 is 4.78. The van der Waals surface area contributed by atoms with E-state index in [0.717, 1.165) is 4.90 Å². The average molecular weight is 403 g/mol. The number of amides is 4.